The van der Waals surface area contributed by atoms with E-state index in [1.165, 1.54) is 43.4 Å². The van der Waals surface area contributed by atoms with Crippen molar-refractivity contribution in [1.82, 2.24) is 15.5 Å². The SMILES string of the molecule is COc1cccc(/C=C(/NC(=O)c2ccccc2)C(=O)Nc2cccc(SCC(=O)Nc3nnc(C)s3)c2)c1OC. The van der Waals surface area contributed by atoms with Crippen LogP contribution >= 0.6 is 23.1 Å². The molecule has 0 aliphatic rings. The van der Waals surface area contributed by atoms with Gasteiger partial charge in [-0.2, -0.15) is 0 Å². The van der Waals surface area contributed by atoms with Crippen molar-refractivity contribution in [1.29, 1.82) is 0 Å². The minimum absolute atomic E-state index is 0.00445. The van der Waals surface area contributed by atoms with Crippen LogP contribution in [-0.4, -0.2) is 47.9 Å². The molecule has 1 heterocycles. The Hall–Kier alpha value is -4.68. The Morgan fingerprint density at radius 2 is 1.71 bits per heavy atom. The number of hydrogen-bond donors (Lipinski definition) is 3. The number of aromatic nitrogens is 2. The molecule has 0 fully saturated rings. The average molecular weight is 590 g/mol. The van der Waals surface area contributed by atoms with Gasteiger partial charge >= 0.3 is 0 Å². The predicted molar refractivity (Wildman–Crippen MR) is 161 cm³/mol. The molecular formula is C29H27N5O5S2. The summed E-state index contributed by atoms with van der Waals surface area (Å²) in [4.78, 5) is 39.5. The van der Waals surface area contributed by atoms with Crippen molar-refractivity contribution >= 4 is 57.7 Å². The lowest BCUT2D eigenvalue weighted by molar-refractivity contribution is -0.114. The molecule has 0 atom stereocenters. The molecule has 12 heteroatoms. The fourth-order valence-electron chi connectivity index (χ4n) is 3.64. The Bertz CT molecular complexity index is 1570. The standard InChI is InChI=1S/C29H27N5O5S2/c1-18-33-34-29(41-18)32-25(35)17-40-22-13-8-12-21(16-22)30-28(37)23(31-27(36)19-9-5-4-6-10-19)15-20-11-7-14-24(38-2)26(20)39-3/h4-16H,17H2,1-3H3,(H,30,37)(H,31,36)(H,32,34,35)/b23-15+. The molecule has 0 bridgehead atoms. The Morgan fingerprint density at radius 1 is 0.927 bits per heavy atom. The first-order chi connectivity index (χ1) is 19.9. The number of amides is 3. The maximum atomic E-state index is 13.5. The van der Waals surface area contributed by atoms with Gasteiger partial charge in [0.15, 0.2) is 11.5 Å². The van der Waals surface area contributed by atoms with Crippen LogP contribution in [0.5, 0.6) is 11.5 Å². The lowest BCUT2D eigenvalue weighted by Gasteiger charge is -2.14. The molecule has 0 spiro atoms. The summed E-state index contributed by atoms with van der Waals surface area (Å²) in [6.07, 6.45) is 1.52. The summed E-state index contributed by atoms with van der Waals surface area (Å²) in [7, 11) is 3.01. The molecule has 4 rings (SSSR count). The van der Waals surface area contributed by atoms with Crippen LogP contribution in [0.1, 0.15) is 20.9 Å². The van der Waals surface area contributed by atoms with Gasteiger partial charge in [0.1, 0.15) is 10.7 Å². The van der Waals surface area contributed by atoms with Crippen LogP contribution < -0.4 is 25.4 Å². The van der Waals surface area contributed by atoms with Gasteiger partial charge in [-0.05, 0) is 49.4 Å². The van der Waals surface area contributed by atoms with E-state index in [0.29, 0.717) is 33.4 Å². The van der Waals surface area contributed by atoms with Crippen molar-refractivity contribution in [2.75, 3.05) is 30.6 Å². The van der Waals surface area contributed by atoms with Crippen LogP contribution in [0, 0.1) is 6.92 Å². The van der Waals surface area contributed by atoms with Gasteiger partial charge in [0.25, 0.3) is 11.8 Å². The van der Waals surface area contributed by atoms with Gasteiger partial charge in [0.05, 0.1) is 20.0 Å². The highest BCUT2D eigenvalue weighted by atomic mass is 32.2. The fraction of sp³-hybridized carbons (Fsp3) is 0.138. The second kappa shape index (κ2) is 14.1. The number of ether oxygens (including phenoxy) is 2. The molecule has 210 valence electrons. The maximum Gasteiger partial charge on any atom is 0.272 e. The van der Waals surface area contributed by atoms with E-state index in [0.717, 1.165) is 9.90 Å². The van der Waals surface area contributed by atoms with Crippen LogP contribution in [0.2, 0.25) is 0 Å². The fourth-order valence-corrected chi connectivity index (χ4v) is 5.00. The normalized spacial score (nSPS) is 11.0. The highest BCUT2D eigenvalue weighted by Crippen LogP contribution is 2.32. The lowest BCUT2D eigenvalue weighted by atomic mass is 10.1. The van der Waals surface area contributed by atoms with Crippen molar-refractivity contribution in [3.8, 4) is 11.5 Å². The maximum absolute atomic E-state index is 13.5. The summed E-state index contributed by atoms with van der Waals surface area (Å²) >= 11 is 2.60. The molecule has 3 amide bonds. The first-order valence-electron chi connectivity index (χ1n) is 12.3. The van der Waals surface area contributed by atoms with E-state index in [1.807, 2.05) is 13.0 Å². The molecule has 0 aliphatic carbocycles. The number of hydrogen-bond acceptors (Lipinski definition) is 9. The first kappa shape index (κ1) is 29.3. The molecule has 4 aromatic rings. The zero-order chi connectivity index (χ0) is 29.2. The number of aryl methyl sites for hydroxylation is 1. The zero-order valence-electron chi connectivity index (χ0n) is 22.5. The molecular weight excluding hydrogens is 562 g/mol. The summed E-state index contributed by atoms with van der Waals surface area (Å²) in [6.45, 7) is 1.81. The number of benzene rings is 3. The third-order valence-electron chi connectivity index (χ3n) is 5.50. The summed E-state index contributed by atoms with van der Waals surface area (Å²) in [5.41, 5.74) is 1.41. The van der Waals surface area contributed by atoms with Gasteiger partial charge in [0.2, 0.25) is 11.0 Å². The van der Waals surface area contributed by atoms with Crippen LogP contribution in [0.4, 0.5) is 10.8 Å². The highest BCUT2D eigenvalue weighted by molar-refractivity contribution is 8.00. The molecule has 0 unspecified atom stereocenters. The van der Waals surface area contributed by atoms with Crippen molar-refractivity contribution in [2.24, 2.45) is 0 Å². The summed E-state index contributed by atoms with van der Waals surface area (Å²) in [5, 5.41) is 17.2. The monoisotopic (exact) mass is 589 g/mol. The molecule has 1 aromatic heterocycles. The number of methoxy groups -OCH3 is 2. The van der Waals surface area contributed by atoms with Gasteiger partial charge < -0.3 is 20.1 Å². The number of carbonyl (C=O) groups excluding carboxylic acids is 3. The Kier molecular flexibility index (Phi) is 10.1. The highest BCUT2D eigenvalue weighted by Gasteiger charge is 2.18. The number of rotatable bonds is 11. The predicted octanol–water partition coefficient (Wildman–Crippen LogP) is 5.00. The van der Waals surface area contributed by atoms with Crippen LogP contribution in [0.15, 0.2) is 83.4 Å². The van der Waals surface area contributed by atoms with Gasteiger partial charge in [0, 0.05) is 21.7 Å². The number of para-hydroxylation sites is 1. The van der Waals surface area contributed by atoms with Gasteiger partial charge in [-0.3, -0.25) is 19.7 Å². The van der Waals surface area contributed by atoms with E-state index < -0.39 is 11.8 Å². The second-order valence-corrected chi connectivity index (χ2v) is 10.6. The van der Waals surface area contributed by atoms with Crippen LogP contribution in [-0.2, 0) is 9.59 Å². The van der Waals surface area contributed by atoms with E-state index >= 15 is 0 Å². The molecule has 0 saturated heterocycles. The van der Waals surface area contributed by atoms with Crippen molar-refractivity contribution in [3.05, 3.63) is 94.6 Å². The molecule has 10 nitrogen and oxygen atoms in total. The molecule has 0 aliphatic heterocycles. The van der Waals surface area contributed by atoms with E-state index in [1.54, 1.807) is 66.7 Å². The van der Waals surface area contributed by atoms with E-state index in [4.69, 9.17) is 9.47 Å². The minimum atomic E-state index is -0.550. The Labute approximate surface area is 245 Å². The topological polar surface area (TPSA) is 132 Å². The number of nitrogens with one attached hydrogen (secondary N) is 3. The number of anilines is 2. The van der Waals surface area contributed by atoms with Gasteiger partial charge in [-0.15, -0.1) is 22.0 Å². The lowest BCUT2D eigenvalue weighted by Crippen LogP contribution is -2.30. The Morgan fingerprint density at radius 3 is 2.41 bits per heavy atom. The van der Waals surface area contributed by atoms with E-state index in [2.05, 4.69) is 26.1 Å². The van der Waals surface area contributed by atoms with Crippen molar-refractivity contribution in [3.63, 3.8) is 0 Å². The number of carbonyl (C=O) groups is 3. The summed E-state index contributed by atoms with van der Waals surface area (Å²) < 4.78 is 10.9. The van der Waals surface area contributed by atoms with Crippen LogP contribution in [0.25, 0.3) is 6.08 Å². The van der Waals surface area contributed by atoms with Gasteiger partial charge in [-0.25, -0.2) is 0 Å². The summed E-state index contributed by atoms with van der Waals surface area (Å²) in [5.74, 6) is -0.188. The Balaban J connectivity index is 1.52. The molecule has 41 heavy (non-hydrogen) atoms. The van der Waals surface area contributed by atoms with Crippen LogP contribution in [0.3, 0.4) is 0 Å². The molecule has 0 saturated carbocycles. The molecule has 0 radical (unpaired) electrons. The molecule has 3 N–H and O–H groups in total. The van der Waals surface area contributed by atoms with Crippen molar-refractivity contribution in [2.45, 2.75) is 11.8 Å². The second-order valence-electron chi connectivity index (χ2n) is 8.41. The van der Waals surface area contributed by atoms with Gasteiger partial charge in [-0.1, -0.05) is 47.7 Å². The zero-order valence-corrected chi connectivity index (χ0v) is 24.1. The van der Waals surface area contributed by atoms with Crippen molar-refractivity contribution < 1.29 is 23.9 Å². The smallest absolute Gasteiger partial charge is 0.272 e. The quantitative estimate of drug-likeness (QED) is 0.164. The first-order valence-corrected chi connectivity index (χ1v) is 14.1. The summed E-state index contributed by atoms with van der Waals surface area (Å²) in [6, 6.07) is 20.9. The number of nitrogens with zero attached hydrogens (tertiary/aromatic N) is 2. The third kappa shape index (κ3) is 8.16. The molecule has 3 aromatic carbocycles. The average Bonchev–Trinajstić information content (AvgIpc) is 3.40. The minimum Gasteiger partial charge on any atom is -0.493 e. The third-order valence-corrected chi connectivity index (χ3v) is 7.24. The van der Waals surface area contributed by atoms with E-state index in [9.17, 15) is 14.4 Å². The largest absolute Gasteiger partial charge is 0.493 e. The van der Waals surface area contributed by atoms with E-state index in [-0.39, 0.29) is 17.4 Å². The number of thioether (sulfide) groups is 1.